The van der Waals surface area contributed by atoms with Gasteiger partial charge in [0, 0.05) is 30.8 Å². The van der Waals surface area contributed by atoms with Gasteiger partial charge in [0.2, 0.25) is 5.88 Å². The van der Waals surface area contributed by atoms with Crippen LogP contribution in [-0.2, 0) is 6.54 Å². The molecule has 2 heterocycles. The van der Waals surface area contributed by atoms with Crippen molar-refractivity contribution in [3.63, 3.8) is 0 Å². The molecule has 4 heteroatoms. The first kappa shape index (κ1) is 18.8. The first-order valence-electron chi connectivity index (χ1n) is 10.3. The van der Waals surface area contributed by atoms with Crippen molar-refractivity contribution in [1.29, 1.82) is 0 Å². The van der Waals surface area contributed by atoms with Gasteiger partial charge in [0.25, 0.3) is 0 Å². The fourth-order valence-electron chi connectivity index (χ4n) is 3.91. The van der Waals surface area contributed by atoms with Crippen molar-refractivity contribution in [2.75, 3.05) is 24.5 Å². The number of nitrogens with zero attached hydrogens (tertiary/aromatic N) is 3. The van der Waals surface area contributed by atoms with E-state index in [-0.39, 0.29) is 0 Å². The van der Waals surface area contributed by atoms with E-state index in [1.165, 1.54) is 31.5 Å². The summed E-state index contributed by atoms with van der Waals surface area (Å²) < 4.78 is 5.81. The maximum Gasteiger partial charge on any atom is 0.228 e. The molecule has 4 rings (SSSR count). The Hall–Kier alpha value is -2.59. The van der Waals surface area contributed by atoms with Gasteiger partial charge >= 0.3 is 0 Å². The van der Waals surface area contributed by atoms with Crippen molar-refractivity contribution in [2.45, 2.75) is 38.8 Å². The standard InChI is InChI=1S/C24H29N3O/c1-20(14-17-26-15-8-9-16-26)27(19-21-10-4-2-5-11-21)24-18-23(25-28-24)22-12-6-3-7-13-22/h2-7,10-13,18,20H,8-9,14-17,19H2,1H3. The molecule has 0 bridgehead atoms. The summed E-state index contributed by atoms with van der Waals surface area (Å²) in [6.45, 7) is 6.75. The Kier molecular flexibility index (Phi) is 6.07. The van der Waals surface area contributed by atoms with Gasteiger partial charge in [0.1, 0.15) is 5.69 Å². The van der Waals surface area contributed by atoms with Crippen molar-refractivity contribution in [3.8, 4) is 11.3 Å². The first-order valence-corrected chi connectivity index (χ1v) is 10.3. The predicted octanol–water partition coefficient (Wildman–Crippen LogP) is 5.22. The van der Waals surface area contributed by atoms with E-state index in [4.69, 9.17) is 4.52 Å². The molecular formula is C24H29N3O. The van der Waals surface area contributed by atoms with Crippen molar-refractivity contribution >= 4 is 5.88 Å². The van der Waals surface area contributed by atoms with Crippen molar-refractivity contribution in [3.05, 3.63) is 72.3 Å². The average molecular weight is 376 g/mol. The Balaban J connectivity index is 1.52. The van der Waals surface area contributed by atoms with E-state index in [1.54, 1.807) is 0 Å². The third-order valence-corrected chi connectivity index (χ3v) is 5.64. The zero-order valence-electron chi connectivity index (χ0n) is 16.6. The molecule has 0 aliphatic carbocycles. The highest BCUT2D eigenvalue weighted by molar-refractivity contribution is 5.62. The molecule has 1 aliphatic rings. The van der Waals surface area contributed by atoms with E-state index in [0.717, 1.165) is 36.7 Å². The molecule has 28 heavy (non-hydrogen) atoms. The number of hydrogen-bond donors (Lipinski definition) is 0. The summed E-state index contributed by atoms with van der Waals surface area (Å²) in [6, 6.07) is 23.3. The van der Waals surface area contributed by atoms with Crippen LogP contribution in [0, 0.1) is 0 Å². The number of anilines is 1. The van der Waals surface area contributed by atoms with Gasteiger partial charge < -0.3 is 14.3 Å². The summed E-state index contributed by atoms with van der Waals surface area (Å²) in [5, 5.41) is 4.34. The van der Waals surface area contributed by atoms with Gasteiger partial charge in [-0.25, -0.2) is 0 Å². The maximum atomic E-state index is 5.81. The number of aromatic nitrogens is 1. The lowest BCUT2D eigenvalue weighted by molar-refractivity contribution is 0.316. The number of benzene rings is 2. The summed E-state index contributed by atoms with van der Waals surface area (Å²) >= 11 is 0. The molecule has 1 fully saturated rings. The number of rotatable bonds is 8. The molecule has 1 atom stereocenters. The smallest absolute Gasteiger partial charge is 0.228 e. The third-order valence-electron chi connectivity index (χ3n) is 5.64. The van der Waals surface area contributed by atoms with Crippen molar-refractivity contribution < 1.29 is 4.52 Å². The van der Waals surface area contributed by atoms with Gasteiger partial charge in [-0.2, -0.15) is 0 Å². The molecule has 0 spiro atoms. The van der Waals surface area contributed by atoms with E-state index in [9.17, 15) is 0 Å². The fraction of sp³-hybridized carbons (Fsp3) is 0.375. The minimum Gasteiger partial charge on any atom is -0.338 e. The van der Waals surface area contributed by atoms with E-state index in [0.29, 0.717) is 6.04 Å². The van der Waals surface area contributed by atoms with Gasteiger partial charge in [-0.1, -0.05) is 65.8 Å². The zero-order valence-corrected chi connectivity index (χ0v) is 16.6. The van der Waals surface area contributed by atoms with Crippen LogP contribution in [0.15, 0.2) is 71.3 Å². The third kappa shape index (κ3) is 4.63. The molecule has 1 aromatic heterocycles. The number of hydrogen-bond acceptors (Lipinski definition) is 4. The van der Waals surface area contributed by atoms with Gasteiger partial charge in [-0.15, -0.1) is 0 Å². The molecule has 1 aliphatic heterocycles. The van der Waals surface area contributed by atoms with E-state index < -0.39 is 0 Å². The van der Waals surface area contributed by atoms with Crippen LogP contribution in [0.2, 0.25) is 0 Å². The van der Waals surface area contributed by atoms with Crippen molar-refractivity contribution in [1.82, 2.24) is 10.1 Å². The Morgan fingerprint density at radius 1 is 1.00 bits per heavy atom. The Morgan fingerprint density at radius 2 is 1.68 bits per heavy atom. The van der Waals surface area contributed by atoms with Gasteiger partial charge in [-0.05, 0) is 44.8 Å². The summed E-state index contributed by atoms with van der Waals surface area (Å²) in [6.07, 6.45) is 3.80. The first-order chi connectivity index (χ1) is 13.8. The molecule has 0 amide bonds. The largest absolute Gasteiger partial charge is 0.338 e. The molecular weight excluding hydrogens is 346 g/mol. The molecule has 1 unspecified atom stereocenters. The molecule has 1 saturated heterocycles. The summed E-state index contributed by atoms with van der Waals surface area (Å²) in [5.74, 6) is 0.844. The fourth-order valence-corrected chi connectivity index (χ4v) is 3.91. The molecule has 0 N–H and O–H groups in total. The molecule has 146 valence electrons. The van der Waals surface area contributed by atoms with Gasteiger partial charge in [-0.3, -0.25) is 0 Å². The van der Waals surface area contributed by atoms with Crippen LogP contribution < -0.4 is 4.90 Å². The van der Waals surface area contributed by atoms with Gasteiger partial charge in [0.15, 0.2) is 0 Å². The highest BCUT2D eigenvalue weighted by atomic mass is 16.5. The average Bonchev–Trinajstić information content (AvgIpc) is 3.44. The molecule has 4 nitrogen and oxygen atoms in total. The molecule has 3 aromatic rings. The lowest BCUT2D eigenvalue weighted by Gasteiger charge is -2.30. The Morgan fingerprint density at radius 3 is 2.39 bits per heavy atom. The van der Waals surface area contributed by atoms with Crippen LogP contribution in [0.4, 0.5) is 5.88 Å². The highest BCUT2D eigenvalue weighted by Gasteiger charge is 2.21. The minimum atomic E-state index is 0.373. The second kappa shape index (κ2) is 9.07. The van der Waals surface area contributed by atoms with Crippen LogP contribution in [0.25, 0.3) is 11.3 Å². The van der Waals surface area contributed by atoms with Crippen molar-refractivity contribution in [2.24, 2.45) is 0 Å². The van der Waals surface area contributed by atoms with Gasteiger partial charge in [0.05, 0.1) is 0 Å². The SMILES string of the molecule is CC(CCN1CCCC1)N(Cc1ccccc1)c1cc(-c2ccccc2)no1. The van der Waals surface area contributed by atoms with E-state index in [2.05, 4.69) is 70.4 Å². The van der Waals surface area contributed by atoms with Crippen LogP contribution in [-0.4, -0.2) is 35.7 Å². The molecule has 0 radical (unpaired) electrons. The lowest BCUT2D eigenvalue weighted by Crippen LogP contribution is -2.35. The van der Waals surface area contributed by atoms with E-state index >= 15 is 0 Å². The van der Waals surface area contributed by atoms with Crippen LogP contribution in [0.5, 0.6) is 0 Å². The minimum absolute atomic E-state index is 0.373. The Labute approximate surface area is 167 Å². The summed E-state index contributed by atoms with van der Waals surface area (Å²) in [4.78, 5) is 4.93. The number of likely N-dealkylation sites (tertiary alicyclic amines) is 1. The van der Waals surface area contributed by atoms with E-state index in [1.807, 2.05) is 18.2 Å². The molecule has 2 aromatic carbocycles. The quantitative estimate of drug-likeness (QED) is 0.540. The Bertz CT molecular complexity index is 841. The monoisotopic (exact) mass is 375 g/mol. The van der Waals surface area contributed by atoms with Crippen LogP contribution >= 0.6 is 0 Å². The highest BCUT2D eigenvalue weighted by Crippen LogP contribution is 2.27. The topological polar surface area (TPSA) is 32.5 Å². The van der Waals surface area contributed by atoms with Crippen LogP contribution in [0.1, 0.15) is 31.7 Å². The second-order valence-corrected chi connectivity index (χ2v) is 7.72. The predicted molar refractivity (Wildman–Crippen MR) is 114 cm³/mol. The lowest BCUT2D eigenvalue weighted by atomic mass is 10.1. The molecule has 0 saturated carbocycles. The second-order valence-electron chi connectivity index (χ2n) is 7.72. The normalized spacial score (nSPS) is 15.6. The maximum absolute atomic E-state index is 5.81. The summed E-state index contributed by atoms with van der Waals surface area (Å²) in [7, 11) is 0. The van der Waals surface area contributed by atoms with Crippen LogP contribution in [0.3, 0.4) is 0 Å². The zero-order chi connectivity index (χ0) is 19.2. The summed E-state index contributed by atoms with van der Waals surface area (Å²) in [5.41, 5.74) is 3.26.